The van der Waals surface area contributed by atoms with Crippen LogP contribution in [-0.4, -0.2) is 49.1 Å². The standard InChI is InChI=1S/C29H31N7O5/c1-5-40-26(16-33-20-14-34-29(31)35-15-20)27(30)28(37)36-19-6-7-23(17(2)10-19)41-21-8-9-32-22-13-25(39-4)24(38-3)12-18(22)11-21/h6-10,12-16H,5,11,30H2,1-4H3,(H,36,37)(H2,31,34,35). The Balaban J connectivity index is 1.46. The van der Waals surface area contributed by atoms with Crippen LogP contribution >= 0.6 is 0 Å². The lowest BCUT2D eigenvalue weighted by atomic mass is 10.1. The molecule has 2 aromatic carbocycles. The maximum absolute atomic E-state index is 12.9. The van der Waals surface area contributed by atoms with E-state index in [1.54, 1.807) is 45.6 Å². The van der Waals surface area contributed by atoms with Crippen LogP contribution in [0.4, 0.5) is 23.0 Å². The van der Waals surface area contributed by atoms with Crippen LogP contribution < -0.4 is 31.0 Å². The molecule has 1 aromatic heterocycles. The summed E-state index contributed by atoms with van der Waals surface area (Å²) in [5.41, 5.74) is 14.9. The van der Waals surface area contributed by atoms with Gasteiger partial charge in [-0.05, 0) is 55.3 Å². The first kappa shape index (κ1) is 28.6. The number of hydrogen-bond acceptors (Lipinski definition) is 11. The van der Waals surface area contributed by atoms with E-state index in [1.807, 2.05) is 25.1 Å². The third-order valence-electron chi connectivity index (χ3n) is 5.90. The number of nitrogens with one attached hydrogen (secondary N) is 1. The molecule has 41 heavy (non-hydrogen) atoms. The highest BCUT2D eigenvalue weighted by atomic mass is 16.5. The van der Waals surface area contributed by atoms with E-state index in [2.05, 4.69) is 25.3 Å². The summed E-state index contributed by atoms with van der Waals surface area (Å²) in [4.78, 5) is 29.4. The van der Waals surface area contributed by atoms with Gasteiger partial charge in [0, 0.05) is 24.4 Å². The molecule has 1 aliphatic rings. The minimum Gasteiger partial charge on any atom is -0.493 e. The topological polar surface area (TPSA) is 169 Å². The number of benzene rings is 2. The number of anilines is 2. The number of amides is 1. The van der Waals surface area contributed by atoms with Crippen molar-refractivity contribution in [3.05, 3.63) is 77.1 Å². The van der Waals surface area contributed by atoms with Crippen LogP contribution in [0.3, 0.4) is 0 Å². The number of aromatic nitrogens is 2. The number of methoxy groups -OCH3 is 2. The summed E-state index contributed by atoms with van der Waals surface area (Å²) in [5, 5.41) is 2.78. The summed E-state index contributed by atoms with van der Waals surface area (Å²) in [7, 11) is 3.18. The number of aliphatic imine (C=N–C) groups is 2. The summed E-state index contributed by atoms with van der Waals surface area (Å²) in [6, 6.07) is 9.01. The zero-order chi connectivity index (χ0) is 29.4. The van der Waals surface area contributed by atoms with Crippen molar-refractivity contribution in [3.63, 3.8) is 0 Å². The van der Waals surface area contributed by atoms with Gasteiger partial charge >= 0.3 is 0 Å². The molecule has 0 aliphatic carbocycles. The molecule has 0 saturated heterocycles. The number of nitrogens with zero attached hydrogens (tertiary/aromatic N) is 4. The molecule has 0 saturated carbocycles. The molecular formula is C29H31N7O5. The number of hydrogen-bond donors (Lipinski definition) is 3. The minimum absolute atomic E-state index is 0.106. The number of rotatable bonds is 10. The largest absolute Gasteiger partial charge is 0.493 e. The zero-order valence-corrected chi connectivity index (χ0v) is 23.2. The third-order valence-corrected chi connectivity index (χ3v) is 5.90. The fourth-order valence-corrected chi connectivity index (χ4v) is 3.85. The van der Waals surface area contributed by atoms with Crippen LogP contribution in [0.5, 0.6) is 17.2 Å². The summed E-state index contributed by atoms with van der Waals surface area (Å²) >= 11 is 0. The molecular weight excluding hydrogens is 526 g/mol. The van der Waals surface area contributed by atoms with Crippen LogP contribution in [-0.2, 0) is 16.0 Å². The van der Waals surface area contributed by atoms with Gasteiger partial charge < -0.3 is 35.7 Å². The van der Waals surface area contributed by atoms with Crippen LogP contribution in [0.25, 0.3) is 0 Å². The first-order valence-electron chi connectivity index (χ1n) is 12.6. The van der Waals surface area contributed by atoms with Crippen molar-refractivity contribution in [1.29, 1.82) is 0 Å². The van der Waals surface area contributed by atoms with Crippen LogP contribution in [0.1, 0.15) is 18.1 Å². The van der Waals surface area contributed by atoms with Crippen LogP contribution in [0.15, 0.2) is 76.0 Å². The molecule has 12 heteroatoms. The van der Waals surface area contributed by atoms with Crippen molar-refractivity contribution in [2.45, 2.75) is 20.3 Å². The maximum Gasteiger partial charge on any atom is 0.275 e. The van der Waals surface area contributed by atoms with Crippen molar-refractivity contribution in [2.24, 2.45) is 15.7 Å². The second-order valence-electron chi connectivity index (χ2n) is 8.73. The highest BCUT2D eigenvalue weighted by Gasteiger charge is 2.17. The number of nitrogens with two attached hydrogens (primary N) is 2. The molecule has 0 spiro atoms. The predicted octanol–water partition coefficient (Wildman–Crippen LogP) is 4.15. The van der Waals surface area contributed by atoms with E-state index in [4.69, 9.17) is 30.4 Å². The summed E-state index contributed by atoms with van der Waals surface area (Å²) in [5.74, 6) is 2.23. The zero-order valence-electron chi connectivity index (χ0n) is 23.2. The summed E-state index contributed by atoms with van der Waals surface area (Å²) in [6.07, 6.45) is 8.21. The van der Waals surface area contributed by atoms with E-state index in [0.717, 1.165) is 16.8 Å². The molecule has 0 atom stereocenters. The van der Waals surface area contributed by atoms with Gasteiger partial charge in [0.1, 0.15) is 17.2 Å². The number of aryl methyl sites for hydroxylation is 1. The monoisotopic (exact) mass is 557 g/mol. The molecule has 0 unspecified atom stereocenters. The Morgan fingerprint density at radius 2 is 1.83 bits per heavy atom. The average molecular weight is 558 g/mol. The summed E-state index contributed by atoms with van der Waals surface area (Å²) in [6.45, 7) is 3.93. The van der Waals surface area contributed by atoms with Gasteiger partial charge in [0.15, 0.2) is 17.3 Å². The number of ether oxygens (including phenoxy) is 4. The Morgan fingerprint density at radius 3 is 2.51 bits per heavy atom. The van der Waals surface area contributed by atoms with Crippen LogP contribution in [0, 0.1) is 6.92 Å². The Labute approximate surface area is 237 Å². The highest BCUT2D eigenvalue weighted by molar-refractivity contribution is 6.06. The molecule has 12 nitrogen and oxygen atoms in total. The van der Waals surface area contributed by atoms with Gasteiger partial charge in [0.05, 0.1) is 50.8 Å². The predicted molar refractivity (Wildman–Crippen MR) is 157 cm³/mol. The maximum atomic E-state index is 12.9. The third kappa shape index (κ3) is 7.18. The molecule has 212 valence electrons. The van der Waals surface area contributed by atoms with E-state index in [-0.39, 0.29) is 24.0 Å². The Hall–Kier alpha value is -5.39. The Kier molecular flexibility index (Phi) is 9.15. The van der Waals surface area contributed by atoms with E-state index in [9.17, 15) is 4.79 Å². The molecule has 3 aromatic rings. The molecule has 2 heterocycles. The van der Waals surface area contributed by atoms with Crippen LogP contribution in [0.2, 0.25) is 0 Å². The number of carbonyl (C=O) groups is 1. The lowest BCUT2D eigenvalue weighted by Crippen LogP contribution is -2.23. The molecule has 5 N–H and O–H groups in total. The lowest BCUT2D eigenvalue weighted by molar-refractivity contribution is -0.113. The SMILES string of the molecule is CCOC(C=Nc1cnc(N)nc1)=C(N)C(=O)Nc1ccc(OC2=CC=Nc3cc(OC)c(OC)cc3C2)c(C)c1. The first-order valence-corrected chi connectivity index (χ1v) is 12.6. The van der Waals surface area contributed by atoms with Crippen molar-refractivity contribution in [1.82, 2.24) is 9.97 Å². The smallest absolute Gasteiger partial charge is 0.275 e. The number of fused-ring (bicyclic) bond motifs is 1. The normalized spacial score (nSPS) is 13.0. The number of carbonyl (C=O) groups excluding carboxylic acids is 1. The first-order chi connectivity index (χ1) is 19.8. The number of nitrogen functional groups attached to an aromatic ring is 1. The molecule has 0 radical (unpaired) electrons. The fourth-order valence-electron chi connectivity index (χ4n) is 3.85. The van der Waals surface area contributed by atoms with E-state index >= 15 is 0 Å². The van der Waals surface area contributed by atoms with Gasteiger partial charge in [0.2, 0.25) is 5.95 Å². The highest BCUT2D eigenvalue weighted by Crippen LogP contribution is 2.37. The van der Waals surface area contributed by atoms with E-state index in [0.29, 0.717) is 40.8 Å². The van der Waals surface area contributed by atoms with Gasteiger partial charge in [-0.25, -0.2) is 15.0 Å². The van der Waals surface area contributed by atoms with Gasteiger partial charge in [-0.3, -0.25) is 9.79 Å². The second-order valence-corrected chi connectivity index (χ2v) is 8.73. The summed E-state index contributed by atoms with van der Waals surface area (Å²) < 4.78 is 22.6. The molecule has 0 fully saturated rings. The fraction of sp³-hybridized carbons (Fsp3) is 0.207. The van der Waals surface area contributed by atoms with E-state index in [1.165, 1.54) is 18.6 Å². The van der Waals surface area contributed by atoms with Gasteiger partial charge in [-0.2, -0.15) is 0 Å². The van der Waals surface area contributed by atoms with Crippen molar-refractivity contribution < 1.29 is 23.7 Å². The van der Waals surface area contributed by atoms with Crippen molar-refractivity contribution >= 4 is 41.3 Å². The number of allylic oxidation sites excluding steroid dienone is 3. The Morgan fingerprint density at radius 1 is 1.10 bits per heavy atom. The molecule has 0 bridgehead atoms. The van der Waals surface area contributed by atoms with Gasteiger partial charge in [-0.15, -0.1) is 0 Å². The Bertz CT molecular complexity index is 1550. The second kappa shape index (κ2) is 13.1. The van der Waals surface area contributed by atoms with Gasteiger partial charge in [-0.1, -0.05) is 0 Å². The van der Waals surface area contributed by atoms with Crippen molar-refractivity contribution in [2.75, 3.05) is 31.9 Å². The van der Waals surface area contributed by atoms with Crippen molar-refractivity contribution in [3.8, 4) is 17.2 Å². The van der Waals surface area contributed by atoms with Gasteiger partial charge in [0.25, 0.3) is 5.91 Å². The average Bonchev–Trinajstić information content (AvgIpc) is 3.17. The minimum atomic E-state index is -0.551. The van der Waals surface area contributed by atoms with E-state index < -0.39 is 5.91 Å². The molecule has 1 aliphatic heterocycles. The molecule has 4 rings (SSSR count). The lowest BCUT2D eigenvalue weighted by Gasteiger charge is -2.15. The quantitative estimate of drug-likeness (QED) is 0.188. The molecule has 1 amide bonds.